The second-order valence-corrected chi connectivity index (χ2v) is 6.65. The minimum atomic E-state index is -4.07. The molecule has 1 rings (SSSR count). The molecule has 1 saturated carbocycles. The van der Waals surface area contributed by atoms with Gasteiger partial charge in [-0.25, -0.2) is 0 Å². The summed E-state index contributed by atoms with van der Waals surface area (Å²) >= 11 is 3.62. The van der Waals surface area contributed by atoms with Crippen LogP contribution in [0.15, 0.2) is 0 Å². The molecule has 0 nitrogen and oxygen atoms in total. The Bertz CT molecular complexity index is 195. The highest BCUT2D eigenvalue weighted by atomic mass is 79.9. The summed E-state index contributed by atoms with van der Waals surface area (Å²) in [6.45, 7) is 2.09. The zero-order valence-corrected chi connectivity index (χ0v) is 10.4. The molecule has 1 aliphatic carbocycles. The summed E-state index contributed by atoms with van der Waals surface area (Å²) in [5.41, 5.74) is -3.95. The second kappa shape index (κ2) is 4.64. The average Bonchev–Trinajstić information content (AvgIpc) is 2.28. The van der Waals surface area contributed by atoms with Gasteiger partial charge in [0.1, 0.15) is 0 Å². The van der Waals surface area contributed by atoms with Gasteiger partial charge < -0.3 is 0 Å². The van der Waals surface area contributed by atoms with Gasteiger partial charge in [0.25, 0.3) is 0 Å². The first-order valence-corrected chi connectivity index (χ1v) is 6.56. The van der Waals surface area contributed by atoms with Crippen LogP contribution >= 0.6 is 27.7 Å². The van der Waals surface area contributed by atoms with E-state index >= 15 is 0 Å². The maximum absolute atomic E-state index is 11.9. The van der Waals surface area contributed by atoms with Crippen molar-refractivity contribution < 1.29 is 13.2 Å². The third-order valence-electron chi connectivity index (χ3n) is 2.75. The Morgan fingerprint density at radius 1 is 1.50 bits per heavy atom. The highest BCUT2D eigenvalue weighted by Gasteiger charge is 2.35. The summed E-state index contributed by atoms with van der Waals surface area (Å²) < 4.78 is 35.7. The monoisotopic (exact) mass is 290 g/mol. The van der Waals surface area contributed by atoms with Gasteiger partial charge in [0.2, 0.25) is 0 Å². The molecule has 14 heavy (non-hydrogen) atoms. The molecule has 0 saturated heterocycles. The number of alkyl halides is 4. The van der Waals surface area contributed by atoms with E-state index in [0.29, 0.717) is 11.2 Å². The van der Waals surface area contributed by atoms with E-state index in [9.17, 15) is 13.2 Å². The molecular formula is C9H14BrF3S. The Hall–Kier alpha value is 0.620. The number of rotatable bonds is 3. The molecule has 0 aromatic heterocycles. The van der Waals surface area contributed by atoms with E-state index in [1.165, 1.54) is 0 Å². The number of hydrogen-bond donors (Lipinski definition) is 0. The van der Waals surface area contributed by atoms with Crippen LogP contribution in [-0.2, 0) is 0 Å². The number of halogens is 4. The summed E-state index contributed by atoms with van der Waals surface area (Å²) in [6, 6.07) is 0. The third kappa shape index (κ3) is 4.43. The van der Waals surface area contributed by atoms with Gasteiger partial charge in [-0.1, -0.05) is 34.6 Å². The Kier molecular flexibility index (Phi) is 4.21. The van der Waals surface area contributed by atoms with Gasteiger partial charge >= 0.3 is 5.51 Å². The summed E-state index contributed by atoms with van der Waals surface area (Å²) in [4.78, 5) is 0.503. The molecule has 0 bridgehead atoms. The van der Waals surface area contributed by atoms with Crippen molar-refractivity contribution in [1.29, 1.82) is 0 Å². The van der Waals surface area contributed by atoms with Gasteiger partial charge in [-0.05, 0) is 31.1 Å². The molecule has 84 valence electrons. The molecule has 2 unspecified atom stereocenters. The third-order valence-corrected chi connectivity index (χ3v) is 4.26. The van der Waals surface area contributed by atoms with Crippen molar-refractivity contribution in [3.05, 3.63) is 0 Å². The van der Waals surface area contributed by atoms with Crippen LogP contribution in [0.4, 0.5) is 13.2 Å². The lowest BCUT2D eigenvalue weighted by molar-refractivity contribution is -0.0329. The molecule has 0 aromatic carbocycles. The van der Waals surface area contributed by atoms with Gasteiger partial charge in [0.15, 0.2) is 0 Å². The van der Waals surface area contributed by atoms with Gasteiger partial charge in [-0.2, -0.15) is 13.2 Å². The smallest absolute Gasteiger partial charge is 0.160 e. The minimum Gasteiger partial charge on any atom is -0.160 e. The predicted octanol–water partition coefficient (Wildman–Crippen LogP) is 4.58. The maximum Gasteiger partial charge on any atom is 0.441 e. The molecule has 5 heteroatoms. The predicted molar refractivity (Wildman–Crippen MR) is 57.8 cm³/mol. The van der Waals surface area contributed by atoms with Gasteiger partial charge in [-0.3, -0.25) is 0 Å². The van der Waals surface area contributed by atoms with Crippen molar-refractivity contribution in [2.75, 3.05) is 5.75 Å². The molecule has 0 spiro atoms. The van der Waals surface area contributed by atoms with Crippen molar-refractivity contribution in [1.82, 2.24) is 0 Å². The first-order chi connectivity index (χ1) is 6.31. The summed E-state index contributed by atoms with van der Waals surface area (Å²) in [5.74, 6) is 0.194. The fourth-order valence-corrected chi connectivity index (χ4v) is 3.72. The van der Waals surface area contributed by atoms with Crippen LogP contribution in [0.1, 0.15) is 32.6 Å². The van der Waals surface area contributed by atoms with Crippen molar-refractivity contribution in [2.45, 2.75) is 42.9 Å². The van der Waals surface area contributed by atoms with Crippen LogP contribution in [0.2, 0.25) is 0 Å². The molecule has 0 N–H and O–H groups in total. The fraction of sp³-hybridized carbons (Fsp3) is 1.00. The van der Waals surface area contributed by atoms with Crippen LogP contribution in [0.5, 0.6) is 0 Å². The zero-order valence-electron chi connectivity index (χ0n) is 8.03. The minimum absolute atomic E-state index is 0.105. The highest BCUT2D eigenvalue weighted by Crippen LogP contribution is 2.45. The van der Waals surface area contributed by atoms with E-state index in [2.05, 4.69) is 22.9 Å². The summed E-state index contributed by atoms with van der Waals surface area (Å²) in [7, 11) is 0. The molecule has 0 aliphatic heterocycles. The van der Waals surface area contributed by atoms with Gasteiger partial charge in [-0.15, -0.1) is 0 Å². The van der Waals surface area contributed by atoms with Crippen molar-refractivity contribution in [3.63, 3.8) is 0 Å². The molecule has 1 fully saturated rings. The maximum atomic E-state index is 11.9. The normalized spacial score (nSPS) is 33.6. The van der Waals surface area contributed by atoms with Crippen LogP contribution in [0, 0.1) is 5.41 Å². The molecular weight excluding hydrogens is 277 g/mol. The second-order valence-electron chi connectivity index (χ2n) is 4.19. The Morgan fingerprint density at radius 3 is 2.57 bits per heavy atom. The lowest BCUT2D eigenvalue weighted by Gasteiger charge is -2.23. The molecule has 2 atom stereocenters. The van der Waals surface area contributed by atoms with E-state index in [4.69, 9.17) is 0 Å². The molecule has 1 aliphatic rings. The zero-order chi connectivity index (χ0) is 10.8. The topological polar surface area (TPSA) is 0 Å². The van der Waals surface area contributed by atoms with Crippen molar-refractivity contribution in [3.8, 4) is 0 Å². The SMILES string of the molecule is CC1(CCSC(F)(F)F)CCC(Br)C1. The van der Waals surface area contributed by atoms with E-state index in [1.807, 2.05) is 0 Å². The molecule has 0 amide bonds. The molecule has 0 radical (unpaired) electrons. The van der Waals surface area contributed by atoms with E-state index < -0.39 is 5.51 Å². The first-order valence-electron chi connectivity index (χ1n) is 4.66. The van der Waals surface area contributed by atoms with Crippen molar-refractivity contribution in [2.24, 2.45) is 5.41 Å². The Balaban J connectivity index is 2.24. The van der Waals surface area contributed by atoms with Crippen LogP contribution < -0.4 is 0 Å². The van der Waals surface area contributed by atoms with Gasteiger partial charge in [0, 0.05) is 10.6 Å². The van der Waals surface area contributed by atoms with Crippen LogP contribution in [0.25, 0.3) is 0 Å². The van der Waals surface area contributed by atoms with Crippen LogP contribution in [-0.4, -0.2) is 16.1 Å². The van der Waals surface area contributed by atoms with Crippen LogP contribution in [0.3, 0.4) is 0 Å². The van der Waals surface area contributed by atoms with Gasteiger partial charge in [0.05, 0.1) is 0 Å². The quantitative estimate of drug-likeness (QED) is 0.686. The molecule has 0 aromatic rings. The van der Waals surface area contributed by atoms with E-state index in [1.54, 1.807) is 0 Å². The van der Waals surface area contributed by atoms with E-state index in [0.717, 1.165) is 19.3 Å². The number of hydrogen-bond acceptors (Lipinski definition) is 1. The summed E-state index contributed by atoms with van der Waals surface area (Å²) in [5, 5.41) is 0. The summed E-state index contributed by atoms with van der Waals surface area (Å²) in [6.07, 6.45) is 3.80. The fourth-order valence-electron chi connectivity index (χ4n) is 1.88. The van der Waals surface area contributed by atoms with Crippen molar-refractivity contribution >= 4 is 27.7 Å². The average molecular weight is 291 g/mol. The Morgan fingerprint density at radius 2 is 2.14 bits per heavy atom. The standard InChI is InChI=1S/C9H14BrF3S/c1-8(3-2-7(10)6-8)4-5-14-9(11,12)13/h7H,2-6H2,1H3. The lowest BCUT2D eigenvalue weighted by Crippen LogP contribution is -2.14. The largest absolute Gasteiger partial charge is 0.441 e. The van der Waals surface area contributed by atoms with E-state index in [-0.39, 0.29) is 22.9 Å². The molecule has 0 heterocycles. The lowest BCUT2D eigenvalue weighted by atomic mass is 9.86. The number of thioether (sulfide) groups is 1. The highest BCUT2D eigenvalue weighted by molar-refractivity contribution is 9.09. The first kappa shape index (κ1) is 12.7. The Labute approximate surface area is 95.1 Å².